The van der Waals surface area contributed by atoms with Gasteiger partial charge in [-0.2, -0.15) is 13.2 Å². The average Bonchev–Trinajstić information content (AvgIpc) is 3.33. The molecular formula is C26H29Cl2F4N3O. The number of carbonyl (C=O) groups excluding carboxylic acids is 1. The normalized spacial score (nSPS) is 20.9. The first kappa shape index (κ1) is 27.0. The largest absolute Gasteiger partial charge is 0.419 e. The van der Waals surface area contributed by atoms with E-state index in [1.807, 2.05) is 12.1 Å². The van der Waals surface area contributed by atoms with Crippen LogP contribution in [-0.2, 0) is 6.18 Å². The van der Waals surface area contributed by atoms with E-state index in [9.17, 15) is 22.4 Å². The Labute approximate surface area is 218 Å². The number of urea groups is 1. The highest BCUT2D eigenvalue weighted by atomic mass is 35.5. The molecule has 2 aromatic rings. The van der Waals surface area contributed by atoms with Crippen LogP contribution in [0.1, 0.15) is 55.6 Å². The minimum absolute atomic E-state index is 0.0546. The number of nitrogens with one attached hydrogen (secondary N) is 1. The van der Waals surface area contributed by atoms with E-state index in [-0.39, 0.29) is 17.6 Å². The Morgan fingerprint density at radius 2 is 1.64 bits per heavy atom. The van der Waals surface area contributed by atoms with E-state index in [1.165, 1.54) is 0 Å². The van der Waals surface area contributed by atoms with Gasteiger partial charge in [-0.25, -0.2) is 9.18 Å². The summed E-state index contributed by atoms with van der Waals surface area (Å²) in [5.41, 5.74) is -0.406. The standard InChI is InChI=1S/C26H29Cl2F4N3O/c27-19-13-18(14-20(28)15-19)17-3-6-22(7-4-17)35(12-11-34-9-1-2-10-34)25(36)33-21-5-8-24(29)23(16-21)26(30,31)32/h5,8,13-17,22H,1-4,6-7,9-12H2,(H,33,36)/t17-,22-. The lowest BCUT2D eigenvalue weighted by atomic mass is 9.81. The molecule has 4 rings (SSSR count). The number of nitrogens with zero attached hydrogens (tertiary/aromatic N) is 2. The molecule has 36 heavy (non-hydrogen) atoms. The predicted molar refractivity (Wildman–Crippen MR) is 134 cm³/mol. The monoisotopic (exact) mass is 545 g/mol. The molecule has 4 nitrogen and oxygen atoms in total. The van der Waals surface area contributed by atoms with Crippen molar-refractivity contribution in [3.63, 3.8) is 0 Å². The Bertz CT molecular complexity index is 1050. The van der Waals surface area contributed by atoms with Gasteiger partial charge in [-0.15, -0.1) is 0 Å². The van der Waals surface area contributed by atoms with Crippen LogP contribution >= 0.6 is 23.2 Å². The Morgan fingerprint density at radius 3 is 2.25 bits per heavy atom. The van der Waals surface area contributed by atoms with E-state index in [2.05, 4.69) is 10.2 Å². The molecule has 1 aliphatic carbocycles. The van der Waals surface area contributed by atoms with Gasteiger partial charge in [-0.05, 0) is 99.5 Å². The molecule has 10 heteroatoms. The minimum atomic E-state index is -4.85. The molecule has 1 saturated carbocycles. The van der Waals surface area contributed by atoms with Crippen molar-refractivity contribution >= 4 is 34.9 Å². The van der Waals surface area contributed by atoms with Crippen molar-refractivity contribution in [1.29, 1.82) is 0 Å². The number of carbonyl (C=O) groups is 1. The summed E-state index contributed by atoms with van der Waals surface area (Å²) in [5.74, 6) is -1.10. The molecule has 0 radical (unpaired) electrons. The van der Waals surface area contributed by atoms with E-state index in [4.69, 9.17) is 23.2 Å². The number of benzene rings is 2. The van der Waals surface area contributed by atoms with Crippen molar-refractivity contribution in [2.75, 3.05) is 31.5 Å². The molecule has 2 aliphatic rings. The number of likely N-dealkylation sites (tertiary alicyclic amines) is 1. The molecule has 0 aromatic heterocycles. The summed E-state index contributed by atoms with van der Waals surface area (Å²) in [5, 5.41) is 3.75. The van der Waals surface area contributed by atoms with Gasteiger partial charge in [0.1, 0.15) is 5.82 Å². The molecule has 1 aliphatic heterocycles. The highest BCUT2D eigenvalue weighted by molar-refractivity contribution is 6.34. The molecule has 0 unspecified atom stereocenters. The van der Waals surface area contributed by atoms with Crippen LogP contribution in [-0.4, -0.2) is 48.1 Å². The SMILES string of the molecule is O=C(Nc1ccc(F)c(C(F)(F)F)c1)N(CCN1CCCC1)[C@H]1CC[C@H](c2cc(Cl)cc(Cl)c2)CC1. The van der Waals surface area contributed by atoms with Gasteiger partial charge >= 0.3 is 12.2 Å². The van der Waals surface area contributed by atoms with Crippen molar-refractivity contribution < 1.29 is 22.4 Å². The first-order chi connectivity index (χ1) is 17.1. The zero-order valence-corrected chi connectivity index (χ0v) is 21.3. The molecule has 196 valence electrons. The quantitative estimate of drug-likeness (QED) is 0.375. The van der Waals surface area contributed by atoms with Crippen LogP contribution in [0.25, 0.3) is 0 Å². The van der Waals surface area contributed by atoms with Crippen molar-refractivity contribution in [2.24, 2.45) is 0 Å². The van der Waals surface area contributed by atoms with E-state index in [0.717, 1.165) is 69.3 Å². The van der Waals surface area contributed by atoms with Gasteiger partial charge in [-0.3, -0.25) is 0 Å². The molecule has 2 fully saturated rings. The van der Waals surface area contributed by atoms with E-state index in [0.29, 0.717) is 29.2 Å². The average molecular weight is 546 g/mol. The summed E-state index contributed by atoms with van der Waals surface area (Å²) in [6.45, 7) is 3.13. The second-order valence-electron chi connectivity index (χ2n) is 9.57. The molecule has 0 bridgehead atoms. The summed E-state index contributed by atoms with van der Waals surface area (Å²) in [7, 11) is 0. The molecule has 1 heterocycles. The lowest BCUT2D eigenvalue weighted by Crippen LogP contribution is -2.47. The number of alkyl halides is 3. The minimum Gasteiger partial charge on any atom is -0.320 e. The molecule has 1 N–H and O–H groups in total. The maximum Gasteiger partial charge on any atom is 0.419 e. The summed E-state index contributed by atoms with van der Waals surface area (Å²) >= 11 is 12.4. The molecule has 0 spiro atoms. The van der Waals surface area contributed by atoms with Crippen LogP contribution in [0.2, 0.25) is 10.0 Å². The summed E-state index contributed by atoms with van der Waals surface area (Å²) in [6, 6.07) is 7.54. The molecule has 2 amide bonds. The van der Waals surface area contributed by atoms with Gasteiger partial charge in [0.2, 0.25) is 0 Å². The second kappa shape index (κ2) is 11.6. The smallest absolute Gasteiger partial charge is 0.320 e. The number of rotatable bonds is 6. The Kier molecular flexibility index (Phi) is 8.68. The Hall–Kier alpha value is -2.03. The van der Waals surface area contributed by atoms with Gasteiger partial charge in [0.15, 0.2) is 0 Å². The number of anilines is 1. The molecule has 0 atom stereocenters. The van der Waals surface area contributed by atoms with Gasteiger partial charge in [0.05, 0.1) is 5.56 Å². The third kappa shape index (κ3) is 6.84. The zero-order valence-electron chi connectivity index (χ0n) is 19.8. The van der Waals surface area contributed by atoms with Crippen LogP contribution in [0.15, 0.2) is 36.4 Å². The third-order valence-electron chi connectivity index (χ3n) is 7.13. The van der Waals surface area contributed by atoms with Crippen LogP contribution in [0.4, 0.5) is 28.0 Å². The Morgan fingerprint density at radius 1 is 1.00 bits per heavy atom. The number of amides is 2. The maximum absolute atomic E-state index is 13.7. The second-order valence-corrected chi connectivity index (χ2v) is 10.4. The first-order valence-electron chi connectivity index (χ1n) is 12.2. The van der Waals surface area contributed by atoms with Crippen molar-refractivity contribution in [1.82, 2.24) is 9.80 Å². The van der Waals surface area contributed by atoms with Gasteiger partial charge in [0, 0.05) is 34.9 Å². The van der Waals surface area contributed by atoms with Crippen LogP contribution in [0, 0.1) is 5.82 Å². The zero-order chi connectivity index (χ0) is 25.9. The van der Waals surface area contributed by atoms with Gasteiger partial charge in [0.25, 0.3) is 0 Å². The van der Waals surface area contributed by atoms with E-state index < -0.39 is 23.6 Å². The number of halogens is 6. The third-order valence-corrected chi connectivity index (χ3v) is 7.57. The van der Waals surface area contributed by atoms with Crippen LogP contribution < -0.4 is 5.32 Å². The van der Waals surface area contributed by atoms with Gasteiger partial charge < -0.3 is 15.1 Å². The summed E-state index contributed by atoms with van der Waals surface area (Å²) < 4.78 is 53.2. The summed E-state index contributed by atoms with van der Waals surface area (Å²) in [6.07, 6.45) is 0.568. The maximum atomic E-state index is 13.7. The fraction of sp³-hybridized carbons (Fsp3) is 0.500. The lowest BCUT2D eigenvalue weighted by molar-refractivity contribution is -0.139. The fourth-order valence-corrected chi connectivity index (χ4v) is 5.80. The highest BCUT2D eigenvalue weighted by Gasteiger charge is 2.35. The predicted octanol–water partition coefficient (Wildman–Crippen LogP) is 7.81. The first-order valence-corrected chi connectivity index (χ1v) is 13.0. The van der Waals surface area contributed by atoms with E-state index in [1.54, 1.807) is 11.0 Å². The molecule has 2 aromatic carbocycles. The van der Waals surface area contributed by atoms with Crippen LogP contribution in [0.5, 0.6) is 0 Å². The molecule has 1 saturated heterocycles. The van der Waals surface area contributed by atoms with Crippen molar-refractivity contribution in [2.45, 2.75) is 56.7 Å². The van der Waals surface area contributed by atoms with Gasteiger partial charge in [-0.1, -0.05) is 23.2 Å². The Balaban J connectivity index is 1.46. The lowest BCUT2D eigenvalue weighted by Gasteiger charge is -2.38. The van der Waals surface area contributed by atoms with E-state index >= 15 is 0 Å². The van der Waals surface area contributed by atoms with Crippen molar-refractivity contribution in [3.05, 3.63) is 63.4 Å². The molecular weight excluding hydrogens is 517 g/mol. The highest BCUT2D eigenvalue weighted by Crippen LogP contribution is 2.37. The summed E-state index contributed by atoms with van der Waals surface area (Å²) in [4.78, 5) is 17.3. The number of hydrogen-bond acceptors (Lipinski definition) is 2. The topological polar surface area (TPSA) is 35.6 Å². The van der Waals surface area contributed by atoms with Crippen LogP contribution in [0.3, 0.4) is 0 Å². The number of hydrogen-bond donors (Lipinski definition) is 1. The fourth-order valence-electron chi connectivity index (χ4n) is 5.25. The van der Waals surface area contributed by atoms with Crippen molar-refractivity contribution in [3.8, 4) is 0 Å².